The normalized spacial score (nSPS) is 21.3. The fourth-order valence-corrected chi connectivity index (χ4v) is 4.70. The first-order chi connectivity index (χ1) is 15.0. The predicted octanol–water partition coefficient (Wildman–Crippen LogP) is 2.87. The Bertz CT molecular complexity index is 932. The van der Waals surface area contributed by atoms with Crippen LogP contribution in [-0.2, 0) is 20.8 Å². The average Bonchev–Trinajstić information content (AvgIpc) is 3.21. The molecule has 2 aliphatic rings. The number of likely N-dealkylation sites (N-methyl/N-ethyl adjacent to an activating group) is 1. The van der Waals surface area contributed by atoms with Crippen LogP contribution in [0.5, 0.6) is 0 Å². The molecule has 0 unspecified atom stereocenters. The molecule has 6 nitrogen and oxygen atoms in total. The molecule has 4 rings (SSSR count). The molecule has 2 fully saturated rings. The van der Waals surface area contributed by atoms with Crippen LogP contribution in [0.3, 0.4) is 0 Å². The second kappa shape index (κ2) is 9.33. The molecule has 3 amide bonds. The van der Waals surface area contributed by atoms with Gasteiger partial charge in [-0.15, -0.1) is 0 Å². The summed E-state index contributed by atoms with van der Waals surface area (Å²) in [5, 5.41) is 0. The number of rotatable bonds is 4. The average molecular weight is 420 g/mol. The van der Waals surface area contributed by atoms with E-state index in [4.69, 9.17) is 0 Å². The Morgan fingerprint density at radius 2 is 1.61 bits per heavy atom. The van der Waals surface area contributed by atoms with Gasteiger partial charge in [0.2, 0.25) is 17.7 Å². The van der Waals surface area contributed by atoms with Gasteiger partial charge in [0.1, 0.15) is 6.04 Å². The molecule has 0 aromatic heterocycles. The summed E-state index contributed by atoms with van der Waals surface area (Å²) in [6, 6.07) is 18.8. The molecule has 0 bridgehead atoms. The number of nitrogens with zero attached hydrogens (tertiary/aromatic N) is 3. The molecule has 2 aromatic carbocycles. The third kappa shape index (κ3) is 4.63. The van der Waals surface area contributed by atoms with E-state index < -0.39 is 6.04 Å². The summed E-state index contributed by atoms with van der Waals surface area (Å²) in [6.07, 6.45) is 2.79. The maximum atomic E-state index is 13.2. The van der Waals surface area contributed by atoms with Gasteiger partial charge in [-0.2, -0.15) is 0 Å². The highest BCUT2D eigenvalue weighted by molar-refractivity contribution is 5.99. The minimum atomic E-state index is -0.422. The number of fused-ring (bicyclic) bond motifs is 1. The van der Waals surface area contributed by atoms with Gasteiger partial charge in [0.15, 0.2) is 0 Å². The second-order valence-electron chi connectivity index (χ2n) is 8.36. The number of carbonyl (C=O) groups is 3. The third-order valence-electron chi connectivity index (χ3n) is 6.43. The Balaban J connectivity index is 1.42. The number of carbonyl (C=O) groups excluding carboxylic acids is 3. The van der Waals surface area contributed by atoms with Crippen LogP contribution < -0.4 is 4.90 Å². The quantitative estimate of drug-likeness (QED) is 0.766. The smallest absolute Gasteiger partial charge is 0.249 e. The molecule has 2 aliphatic heterocycles. The van der Waals surface area contributed by atoms with Gasteiger partial charge in [-0.3, -0.25) is 14.4 Å². The fraction of sp³-hybridized carbons (Fsp3) is 0.400. The maximum Gasteiger partial charge on any atom is 0.249 e. The van der Waals surface area contributed by atoms with E-state index in [1.807, 2.05) is 65.6 Å². The summed E-state index contributed by atoms with van der Waals surface area (Å²) in [4.78, 5) is 44.3. The molecule has 2 saturated heterocycles. The van der Waals surface area contributed by atoms with E-state index in [1.165, 1.54) is 0 Å². The predicted molar refractivity (Wildman–Crippen MR) is 119 cm³/mol. The highest BCUT2D eigenvalue weighted by Crippen LogP contribution is 2.31. The van der Waals surface area contributed by atoms with Crippen LogP contribution in [-0.4, -0.2) is 59.7 Å². The lowest BCUT2D eigenvalue weighted by Crippen LogP contribution is -2.52. The van der Waals surface area contributed by atoms with Crippen LogP contribution in [0.25, 0.3) is 0 Å². The van der Waals surface area contributed by atoms with Gasteiger partial charge < -0.3 is 14.7 Å². The third-order valence-corrected chi connectivity index (χ3v) is 6.43. The van der Waals surface area contributed by atoms with Gasteiger partial charge in [0.25, 0.3) is 0 Å². The lowest BCUT2D eigenvalue weighted by molar-refractivity contribution is -0.142. The molecule has 0 aliphatic carbocycles. The molecular weight excluding hydrogens is 390 g/mol. The largest absolute Gasteiger partial charge is 0.342 e. The van der Waals surface area contributed by atoms with Crippen LogP contribution in [0.4, 0.5) is 5.69 Å². The van der Waals surface area contributed by atoms with Crippen LogP contribution in [0.15, 0.2) is 60.7 Å². The van der Waals surface area contributed by atoms with Crippen LogP contribution >= 0.6 is 0 Å². The molecule has 0 radical (unpaired) electrons. The molecule has 0 spiro atoms. The number of anilines is 1. The first kappa shape index (κ1) is 21.1. The Labute approximate surface area is 183 Å². The highest BCUT2D eigenvalue weighted by Gasteiger charge is 2.42. The molecule has 6 heteroatoms. The second-order valence-corrected chi connectivity index (χ2v) is 8.36. The zero-order valence-corrected chi connectivity index (χ0v) is 17.9. The molecule has 162 valence electrons. The van der Waals surface area contributed by atoms with Crippen molar-refractivity contribution in [2.75, 3.05) is 25.0 Å². The molecule has 0 saturated carbocycles. The lowest BCUT2D eigenvalue weighted by Gasteiger charge is -2.36. The minimum absolute atomic E-state index is 0.0120. The van der Waals surface area contributed by atoms with Gasteiger partial charge in [-0.05, 0) is 37.0 Å². The highest BCUT2D eigenvalue weighted by atomic mass is 16.2. The minimum Gasteiger partial charge on any atom is -0.342 e. The van der Waals surface area contributed by atoms with E-state index >= 15 is 0 Å². The number of benzene rings is 2. The van der Waals surface area contributed by atoms with Crippen LogP contribution in [0, 0.1) is 0 Å². The van der Waals surface area contributed by atoms with E-state index in [2.05, 4.69) is 0 Å². The van der Waals surface area contributed by atoms with Gasteiger partial charge >= 0.3 is 0 Å². The van der Waals surface area contributed by atoms with Crippen molar-refractivity contribution < 1.29 is 14.4 Å². The van der Waals surface area contributed by atoms with Gasteiger partial charge in [-0.1, -0.05) is 48.5 Å². The van der Waals surface area contributed by atoms with Gasteiger partial charge in [0, 0.05) is 38.3 Å². The summed E-state index contributed by atoms with van der Waals surface area (Å²) in [6.45, 7) is 1.03. The Kier molecular flexibility index (Phi) is 6.35. The SMILES string of the molecule is CN(C(=O)[C@@H]1CC[C@@H]2CCN(C(=O)Cc3ccccc3)CCC(=O)N21)c1ccccc1. The standard InChI is InChI=1S/C25H29N3O3/c1-26(20-10-6-3-7-11-20)25(31)22-13-12-21-14-16-27(17-15-23(29)28(21)22)24(30)18-19-8-4-2-5-9-19/h2-11,21-22H,12-18H2,1H3/t21-,22+/m1/s1. The maximum absolute atomic E-state index is 13.2. The summed E-state index contributed by atoms with van der Waals surface area (Å²) < 4.78 is 0. The summed E-state index contributed by atoms with van der Waals surface area (Å²) >= 11 is 0. The summed E-state index contributed by atoms with van der Waals surface area (Å²) in [7, 11) is 1.77. The first-order valence-corrected chi connectivity index (χ1v) is 11.0. The fourth-order valence-electron chi connectivity index (χ4n) is 4.70. The van der Waals surface area contributed by atoms with Crippen molar-refractivity contribution in [1.82, 2.24) is 9.80 Å². The summed E-state index contributed by atoms with van der Waals surface area (Å²) in [5.74, 6) is -0.0129. The van der Waals surface area contributed by atoms with Crippen LogP contribution in [0.2, 0.25) is 0 Å². The van der Waals surface area contributed by atoms with Crippen molar-refractivity contribution in [2.45, 2.75) is 44.2 Å². The molecule has 2 heterocycles. The number of hydrogen-bond acceptors (Lipinski definition) is 3. The van der Waals surface area contributed by atoms with Crippen molar-refractivity contribution >= 4 is 23.4 Å². The van der Waals surface area contributed by atoms with Crippen LogP contribution in [0.1, 0.15) is 31.2 Å². The molecule has 31 heavy (non-hydrogen) atoms. The lowest BCUT2D eigenvalue weighted by atomic mass is 10.1. The Morgan fingerprint density at radius 1 is 0.935 bits per heavy atom. The number of amides is 3. The molecule has 2 atom stereocenters. The van der Waals surface area contributed by atoms with E-state index in [-0.39, 0.29) is 30.2 Å². The van der Waals surface area contributed by atoms with E-state index in [9.17, 15) is 14.4 Å². The van der Waals surface area contributed by atoms with Gasteiger partial charge in [-0.25, -0.2) is 0 Å². The van der Waals surface area contributed by atoms with Crippen molar-refractivity contribution in [3.05, 3.63) is 66.2 Å². The molecule has 2 aromatic rings. The number of para-hydroxylation sites is 1. The van der Waals surface area contributed by atoms with Crippen molar-refractivity contribution in [2.24, 2.45) is 0 Å². The van der Waals surface area contributed by atoms with Gasteiger partial charge in [0.05, 0.1) is 6.42 Å². The Hall–Kier alpha value is -3.15. The van der Waals surface area contributed by atoms with Crippen molar-refractivity contribution in [3.63, 3.8) is 0 Å². The zero-order chi connectivity index (χ0) is 21.8. The topological polar surface area (TPSA) is 60.9 Å². The van der Waals surface area contributed by atoms with Crippen molar-refractivity contribution in [1.29, 1.82) is 0 Å². The Morgan fingerprint density at radius 3 is 2.32 bits per heavy atom. The van der Waals surface area contributed by atoms with E-state index in [0.717, 1.165) is 17.7 Å². The molecular formula is C25H29N3O3. The van der Waals surface area contributed by atoms with E-state index in [1.54, 1.807) is 16.8 Å². The van der Waals surface area contributed by atoms with Crippen molar-refractivity contribution in [3.8, 4) is 0 Å². The number of hydrogen-bond donors (Lipinski definition) is 0. The molecule has 0 N–H and O–H groups in total. The summed E-state index contributed by atoms with van der Waals surface area (Å²) in [5.41, 5.74) is 1.81. The zero-order valence-electron chi connectivity index (χ0n) is 17.9. The first-order valence-electron chi connectivity index (χ1n) is 11.0. The van der Waals surface area contributed by atoms with E-state index in [0.29, 0.717) is 32.4 Å². The monoisotopic (exact) mass is 419 g/mol.